The lowest BCUT2D eigenvalue weighted by Gasteiger charge is -2.43. The van der Waals surface area contributed by atoms with Crippen LogP contribution in [0.5, 0.6) is 5.75 Å². The van der Waals surface area contributed by atoms with Gasteiger partial charge in [-0.15, -0.1) is 0 Å². The van der Waals surface area contributed by atoms with Crippen LogP contribution < -0.4 is 15.1 Å². The van der Waals surface area contributed by atoms with E-state index in [1.165, 1.54) is 0 Å². The van der Waals surface area contributed by atoms with Crippen molar-refractivity contribution in [3.05, 3.63) is 84.1 Å². The van der Waals surface area contributed by atoms with Gasteiger partial charge in [-0.05, 0) is 54.2 Å². The summed E-state index contributed by atoms with van der Waals surface area (Å²) in [5.41, 5.74) is 6.04. The molecule has 1 atom stereocenters. The van der Waals surface area contributed by atoms with Crippen molar-refractivity contribution in [1.82, 2.24) is 10.4 Å². The second-order valence-electron chi connectivity index (χ2n) is 10.2. The molecule has 0 aliphatic carbocycles. The first kappa shape index (κ1) is 27.5. The lowest BCUT2D eigenvalue weighted by Crippen LogP contribution is -2.49. The normalized spacial score (nSPS) is 16.7. The summed E-state index contributed by atoms with van der Waals surface area (Å²) in [6.45, 7) is 16.8. The monoisotopic (exact) mass is 491 g/mol. The van der Waals surface area contributed by atoms with Crippen molar-refractivity contribution >= 4 is 11.6 Å². The van der Waals surface area contributed by atoms with Crippen LogP contribution in [-0.2, 0) is 9.63 Å². The molecule has 2 aromatic carbocycles. The van der Waals surface area contributed by atoms with Crippen LogP contribution in [0.25, 0.3) is 0 Å². The Morgan fingerprint density at radius 2 is 1.69 bits per heavy atom. The van der Waals surface area contributed by atoms with Gasteiger partial charge in [0.15, 0.2) is 0 Å². The molecule has 0 radical (unpaired) electrons. The Morgan fingerprint density at radius 3 is 2.28 bits per heavy atom. The third kappa shape index (κ3) is 7.45. The largest absolute Gasteiger partial charge is 0.497 e. The van der Waals surface area contributed by atoms with Crippen LogP contribution in [0.1, 0.15) is 45.7 Å². The predicted molar refractivity (Wildman–Crippen MR) is 147 cm³/mol. The number of carbonyl (C=O) groups is 1. The number of benzene rings is 2. The Balaban J connectivity index is 1.60. The molecule has 1 aliphatic heterocycles. The van der Waals surface area contributed by atoms with Gasteiger partial charge in [-0.1, -0.05) is 64.6 Å². The molecule has 1 fully saturated rings. The average Bonchev–Trinajstić information content (AvgIpc) is 2.85. The Hall–Kier alpha value is -3.09. The molecule has 1 unspecified atom stereocenters. The molecule has 6 heteroatoms. The number of hydrogen-bond acceptors (Lipinski definition) is 5. The van der Waals surface area contributed by atoms with Crippen LogP contribution >= 0.6 is 0 Å². The highest BCUT2D eigenvalue weighted by atomic mass is 16.6. The third-order valence-electron chi connectivity index (χ3n) is 5.98. The van der Waals surface area contributed by atoms with Crippen molar-refractivity contribution in [2.45, 2.75) is 40.2 Å². The zero-order chi connectivity index (χ0) is 26.1. The van der Waals surface area contributed by atoms with E-state index in [0.29, 0.717) is 29.7 Å². The fourth-order valence-corrected chi connectivity index (χ4v) is 4.57. The van der Waals surface area contributed by atoms with Crippen LogP contribution in [0, 0.1) is 11.8 Å². The Bertz CT molecular complexity index is 1010. The van der Waals surface area contributed by atoms with E-state index in [4.69, 9.17) is 9.57 Å². The molecule has 0 spiro atoms. The number of methoxy groups -OCH3 is 1. The molecule has 0 bridgehead atoms. The van der Waals surface area contributed by atoms with Crippen LogP contribution in [0.2, 0.25) is 0 Å². The molecule has 3 rings (SSSR count). The van der Waals surface area contributed by atoms with E-state index < -0.39 is 0 Å². The minimum Gasteiger partial charge on any atom is -0.497 e. The molecule has 1 N–H and O–H groups in total. The maximum atomic E-state index is 13.2. The maximum absolute atomic E-state index is 13.2. The van der Waals surface area contributed by atoms with Crippen molar-refractivity contribution in [2.24, 2.45) is 11.8 Å². The minimum absolute atomic E-state index is 0.0463. The minimum atomic E-state index is -0.189. The predicted octanol–water partition coefficient (Wildman–Crippen LogP) is 5.75. The summed E-state index contributed by atoms with van der Waals surface area (Å²) in [7, 11) is 1.63. The van der Waals surface area contributed by atoms with Crippen LogP contribution in [-0.4, -0.2) is 44.2 Å². The maximum Gasteiger partial charge on any atom is 0.257 e. The van der Waals surface area contributed by atoms with Crippen LogP contribution in [0.15, 0.2) is 78.5 Å². The van der Waals surface area contributed by atoms with Gasteiger partial charge < -0.3 is 9.64 Å². The highest BCUT2D eigenvalue weighted by Crippen LogP contribution is 2.43. The topological polar surface area (TPSA) is 54.0 Å². The first-order valence-electron chi connectivity index (χ1n) is 12.8. The number of hydroxylamine groups is 1. The van der Waals surface area contributed by atoms with Gasteiger partial charge in [0.1, 0.15) is 5.75 Å². The fraction of sp³-hybridized carbons (Fsp3) is 0.433. The molecule has 0 saturated carbocycles. The van der Waals surface area contributed by atoms with Gasteiger partial charge in [0.2, 0.25) is 0 Å². The van der Waals surface area contributed by atoms with Crippen molar-refractivity contribution < 1.29 is 14.4 Å². The fourth-order valence-electron chi connectivity index (χ4n) is 4.57. The first-order chi connectivity index (χ1) is 17.3. The molecule has 36 heavy (non-hydrogen) atoms. The van der Waals surface area contributed by atoms with Crippen LogP contribution in [0.4, 0.5) is 5.69 Å². The Morgan fingerprint density at radius 1 is 1.06 bits per heavy atom. The molecule has 1 aliphatic rings. The molecular formula is C30H41N3O3. The van der Waals surface area contributed by atoms with E-state index in [0.717, 1.165) is 43.1 Å². The zero-order valence-corrected chi connectivity index (χ0v) is 22.4. The average molecular weight is 492 g/mol. The van der Waals surface area contributed by atoms with E-state index >= 15 is 0 Å². The molecule has 2 aromatic rings. The van der Waals surface area contributed by atoms with Gasteiger partial charge in [-0.3, -0.25) is 20.0 Å². The summed E-state index contributed by atoms with van der Waals surface area (Å²) in [6, 6.07) is 17.4. The van der Waals surface area contributed by atoms with E-state index in [9.17, 15) is 4.79 Å². The van der Waals surface area contributed by atoms with Gasteiger partial charge in [0.25, 0.3) is 5.91 Å². The van der Waals surface area contributed by atoms with E-state index in [1.807, 2.05) is 54.6 Å². The number of allylic oxidation sites excluding steroid dienone is 1. The van der Waals surface area contributed by atoms with Gasteiger partial charge in [0, 0.05) is 30.9 Å². The SMILES string of the molecule is C=C(C=C1C(=O)N(c2ccc(OC)cc2)C1c1ccccc1)NOCCCN(CC(C)C)CC(C)C. The summed E-state index contributed by atoms with van der Waals surface area (Å²) in [5.74, 6) is 1.99. The van der Waals surface area contributed by atoms with Crippen molar-refractivity contribution in [1.29, 1.82) is 0 Å². The number of nitrogens with one attached hydrogen (secondary N) is 1. The first-order valence-corrected chi connectivity index (χ1v) is 12.8. The number of β-lactam (4-membered cyclic amide) rings is 1. The number of ether oxygens (including phenoxy) is 1. The lowest BCUT2D eigenvalue weighted by atomic mass is 9.86. The summed E-state index contributed by atoms with van der Waals surface area (Å²) in [4.78, 5) is 23.2. The molecule has 6 nitrogen and oxygen atoms in total. The summed E-state index contributed by atoms with van der Waals surface area (Å²) in [6.07, 6.45) is 2.72. The zero-order valence-electron chi connectivity index (χ0n) is 22.4. The van der Waals surface area contributed by atoms with E-state index in [-0.39, 0.29) is 11.9 Å². The lowest BCUT2D eigenvalue weighted by molar-refractivity contribution is -0.119. The number of anilines is 1. The number of amides is 1. The number of nitrogens with zero attached hydrogens (tertiary/aromatic N) is 2. The van der Waals surface area contributed by atoms with Gasteiger partial charge >= 0.3 is 0 Å². The Labute approximate surface area is 216 Å². The molecule has 194 valence electrons. The highest BCUT2D eigenvalue weighted by molar-refractivity contribution is 6.15. The van der Waals surface area contributed by atoms with Gasteiger partial charge in [0.05, 0.1) is 25.5 Å². The van der Waals surface area contributed by atoms with Crippen LogP contribution in [0.3, 0.4) is 0 Å². The van der Waals surface area contributed by atoms with Crippen molar-refractivity contribution in [3.8, 4) is 5.75 Å². The molecule has 1 heterocycles. The smallest absolute Gasteiger partial charge is 0.257 e. The number of carbonyl (C=O) groups excluding carboxylic acids is 1. The quantitative estimate of drug-likeness (QED) is 0.158. The van der Waals surface area contributed by atoms with E-state index in [2.05, 4.69) is 44.7 Å². The van der Waals surface area contributed by atoms with Crippen molar-refractivity contribution in [2.75, 3.05) is 38.3 Å². The van der Waals surface area contributed by atoms with Gasteiger partial charge in [-0.25, -0.2) is 0 Å². The number of hydrogen-bond donors (Lipinski definition) is 1. The second-order valence-corrected chi connectivity index (χ2v) is 10.2. The second kappa shape index (κ2) is 13.3. The molecule has 1 amide bonds. The standard InChI is InChI=1S/C30H41N3O3/c1-22(2)20-32(21-23(3)4)17-10-18-36-31-24(5)19-28-29(25-11-8-7-9-12-25)33(30(28)34)26-13-15-27(35-6)16-14-26/h7-9,11-16,19,22-23,29,31H,5,10,17-18,20-21H2,1-4,6H3. The molecule has 1 saturated heterocycles. The molecule has 0 aromatic heterocycles. The summed E-state index contributed by atoms with van der Waals surface area (Å²) >= 11 is 0. The van der Waals surface area contributed by atoms with Gasteiger partial charge in [-0.2, -0.15) is 0 Å². The summed E-state index contributed by atoms with van der Waals surface area (Å²) < 4.78 is 5.26. The Kier molecular flexibility index (Phi) is 10.1. The highest BCUT2D eigenvalue weighted by Gasteiger charge is 2.43. The third-order valence-corrected chi connectivity index (χ3v) is 5.98. The van der Waals surface area contributed by atoms with Crippen molar-refractivity contribution in [3.63, 3.8) is 0 Å². The summed E-state index contributed by atoms with van der Waals surface area (Å²) in [5, 5.41) is 0. The number of rotatable bonds is 14. The van der Waals surface area contributed by atoms with E-state index in [1.54, 1.807) is 18.1 Å². The molecular weight excluding hydrogens is 450 g/mol.